The van der Waals surface area contributed by atoms with E-state index in [0.717, 1.165) is 0 Å². The maximum absolute atomic E-state index is 12.1. The fourth-order valence-corrected chi connectivity index (χ4v) is 3.21. The molecule has 0 bridgehead atoms. The van der Waals surface area contributed by atoms with E-state index in [1.165, 1.54) is 23.1 Å². The first-order chi connectivity index (χ1) is 11.8. The van der Waals surface area contributed by atoms with Crippen molar-refractivity contribution in [1.82, 2.24) is 10.2 Å². The zero-order chi connectivity index (χ0) is 18.4. The Labute approximate surface area is 154 Å². The Kier molecular flexibility index (Phi) is 6.38. The SMILES string of the molecule is COc1ccccc1NC(=O)CSc1nnc(NC(=O)C(C)(C)C)s1. The molecule has 0 aliphatic rings. The second kappa shape index (κ2) is 8.30. The molecule has 2 rings (SSSR count). The highest BCUT2D eigenvalue weighted by Crippen LogP contribution is 2.28. The zero-order valence-corrected chi connectivity index (χ0v) is 16.1. The number of hydrogen-bond donors (Lipinski definition) is 2. The molecule has 134 valence electrons. The van der Waals surface area contributed by atoms with Crippen LogP contribution in [0, 0.1) is 5.41 Å². The predicted octanol–water partition coefficient (Wildman–Crippen LogP) is 3.26. The van der Waals surface area contributed by atoms with Crippen molar-refractivity contribution in [2.24, 2.45) is 5.41 Å². The maximum Gasteiger partial charge on any atom is 0.234 e. The molecular weight excluding hydrogens is 360 g/mol. The van der Waals surface area contributed by atoms with Gasteiger partial charge >= 0.3 is 0 Å². The summed E-state index contributed by atoms with van der Waals surface area (Å²) >= 11 is 2.49. The number of carbonyl (C=O) groups is 2. The minimum Gasteiger partial charge on any atom is -0.495 e. The second-order valence-electron chi connectivity index (χ2n) is 6.11. The highest BCUT2D eigenvalue weighted by Gasteiger charge is 2.22. The number of methoxy groups -OCH3 is 1. The summed E-state index contributed by atoms with van der Waals surface area (Å²) < 4.78 is 5.81. The fourth-order valence-electron chi connectivity index (χ4n) is 1.66. The van der Waals surface area contributed by atoms with Crippen LogP contribution in [0.5, 0.6) is 5.75 Å². The minimum absolute atomic E-state index is 0.130. The average molecular weight is 380 g/mol. The van der Waals surface area contributed by atoms with Crippen molar-refractivity contribution in [2.45, 2.75) is 25.1 Å². The molecule has 0 saturated carbocycles. The average Bonchev–Trinajstić information content (AvgIpc) is 3.00. The summed E-state index contributed by atoms with van der Waals surface area (Å²) in [6.45, 7) is 5.46. The van der Waals surface area contributed by atoms with Crippen molar-refractivity contribution in [3.05, 3.63) is 24.3 Å². The molecular formula is C16H20N4O3S2. The summed E-state index contributed by atoms with van der Waals surface area (Å²) in [5.41, 5.74) is 0.110. The Morgan fingerprint density at radius 1 is 1.20 bits per heavy atom. The van der Waals surface area contributed by atoms with Crippen LogP contribution in [0.15, 0.2) is 28.6 Å². The monoisotopic (exact) mass is 380 g/mol. The third-order valence-electron chi connectivity index (χ3n) is 3.02. The van der Waals surface area contributed by atoms with Crippen LogP contribution in [0.2, 0.25) is 0 Å². The van der Waals surface area contributed by atoms with Crippen molar-refractivity contribution >= 4 is 45.7 Å². The molecule has 7 nitrogen and oxygen atoms in total. The number of nitrogens with one attached hydrogen (secondary N) is 2. The number of aromatic nitrogens is 2. The summed E-state index contributed by atoms with van der Waals surface area (Å²) in [4.78, 5) is 24.0. The normalized spacial score (nSPS) is 11.0. The molecule has 25 heavy (non-hydrogen) atoms. The van der Waals surface area contributed by atoms with E-state index < -0.39 is 5.41 Å². The van der Waals surface area contributed by atoms with E-state index in [1.54, 1.807) is 19.2 Å². The van der Waals surface area contributed by atoms with E-state index in [9.17, 15) is 9.59 Å². The van der Waals surface area contributed by atoms with Gasteiger partial charge in [-0.1, -0.05) is 56.0 Å². The van der Waals surface area contributed by atoms with Crippen LogP contribution in [0.4, 0.5) is 10.8 Å². The van der Waals surface area contributed by atoms with Crippen LogP contribution in [0.25, 0.3) is 0 Å². The Hall–Kier alpha value is -2.13. The lowest BCUT2D eigenvalue weighted by atomic mass is 9.96. The first kappa shape index (κ1) is 19.2. The molecule has 1 heterocycles. The van der Waals surface area contributed by atoms with Crippen LogP contribution >= 0.6 is 23.1 Å². The van der Waals surface area contributed by atoms with Crippen LogP contribution in [0.3, 0.4) is 0 Å². The number of nitrogens with zero attached hydrogens (tertiary/aromatic N) is 2. The van der Waals surface area contributed by atoms with Crippen molar-refractivity contribution in [2.75, 3.05) is 23.5 Å². The minimum atomic E-state index is -0.506. The maximum atomic E-state index is 12.1. The van der Waals surface area contributed by atoms with Gasteiger partial charge in [0.15, 0.2) is 4.34 Å². The van der Waals surface area contributed by atoms with Gasteiger partial charge in [0.1, 0.15) is 5.75 Å². The number of hydrogen-bond acceptors (Lipinski definition) is 7. The van der Waals surface area contributed by atoms with Crippen molar-refractivity contribution in [3.63, 3.8) is 0 Å². The summed E-state index contributed by atoms with van der Waals surface area (Å²) in [6.07, 6.45) is 0. The molecule has 0 saturated heterocycles. The van der Waals surface area contributed by atoms with Crippen LogP contribution in [0.1, 0.15) is 20.8 Å². The summed E-state index contributed by atoms with van der Waals surface area (Å²) in [5, 5.41) is 13.8. The molecule has 0 aliphatic heterocycles. The smallest absolute Gasteiger partial charge is 0.234 e. The third kappa shape index (κ3) is 5.71. The first-order valence-corrected chi connectivity index (χ1v) is 9.30. The Balaban J connectivity index is 1.87. The van der Waals surface area contributed by atoms with Gasteiger partial charge in [-0.3, -0.25) is 9.59 Å². The highest BCUT2D eigenvalue weighted by atomic mass is 32.2. The van der Waals surface area contributed by atoms with Crippen molar-refractivity contribution in [1.29, 1.82) is 0 Å². The van der Waals surface area contributed by atoms with Crippen LogP contribution in [-0.4, -0.2) is 34.9 Å². The molecule has 0 spiro atoms. The molecule has 9 heteroatoms. The highest BCUT2D eigenvalue weighted by molar-refractivity contribution is 8.01. The van der Waals surface area contributed by atoms with E-state index in [2.05, 4.69) is 20.8 Å². The van der Waals surface area contributed by atoms with E-state index in [4.69, 9.17) is 4.74 Å². The summed E-state index contributed by atoms with van der Waals surface area (Å²) in [6, 6.07) is 7.20. The molecule has 2 N–H and O–H groups in total. The van der Waals surface area contributed by atoms with Gasteiger partial charge in [-0.15, -0.1) is 10.2 Å². The number of thioether (sulfide) groups is 1. The number of anilines is 2. The fraction of sp³-hybridized carbons (Fsp3) is 0.375. The molecule has 1 aromatic heterocycles. The number of amides is 2. The summed E-state index contributed by atoms with van der Waals surface area (Å²) in [5.74, 6) is 0.475. The number of carbonyl (C=O) groups excluding carboxylic acids is 2. The molecule has 0 radical (unpaired) electrons. The van der Waals surface area contributed by atoms with Gasteiger partial charge in [0.05, 0.1) is 18.6 Å². The lowest BCUT2D eigenvalue weighted by molar-refractivity contribution is -0.123. The lowest BCUT2D eigenvalue weighted by Gasteiger charge is -2.15. The van der Waals surface area contributed by atoms with Gasteiger partial charge in [0, 0.05) is 5.41 Å². The Morgan fingerprint density at radius 3 is 2.60 bits per heavy atom. The lowest BCUT2D eigenvalue weighted by Crippen LogP contribution is -2.27. The first-order valence-electron chi connectivity index (χ1n) is 7.50. The van der Waals surface area contributed by atoms with E-state index in [-0.39, 0.29) is 17.6 Å². The van der Waals surface area contributed by atoms with Crippen molar-refractivity contribution < 1.29 is 14.3 Å². The summed E-state index contributed by atoms with van der Waals surface area (Å²) in [7, 11) is 1.55. The second-order valence-corrected chi connectivity index (χ2v) is 8.31. The zero-order valence-electron chi connectivity index (χ0n) is 14.5. The van der Waals surface area contributed by atoms with Gasteiger partial charge in [-0.05, 0) is 12.1 Å². The van der Waals surface area contributed by atoms with Gasteiger partial charge < -0.3 is 15.4 Å². The standard InChI is InChI=1S/C16H20N4O3S2/c1-16(2,3)13(22)18-14-19-20-15(25-14)24-9-12(21)17-10-7-5-6-8-11(10)23-4/h5-8H,9H2,1-4H3,(H,17,21)(H,18,19,22). The molecule has 0 fully saturated rings. The predicted molar refractivity (Wildman–Crippen MR) is 100 cm³/mol. The van der Waals surface area contributed by atoms with E-state index >= 15 is 0 Å². The number of benzene rings is 1. The topological polar surface area (TPSA) is 93.2 Å². The molecule has 1 aromatic carbocycles. The van der Waals surface area contributed by atoms with Gasteiger partial charge in [-0.25, -0.2) is 0 Å². The van der Waals surface area contributed by atoms with Crippen LogP contribution < -0.4 is 15.4 Å². The van der Waals surface area contributed by atoms with Gasteiger partial charge in [0.25, 0.3) is 0 Å². The molecule has 0 atom stereocenters. The van der Waals surface area contributed by atoms with Gasteiger partial charge in [-0.2, -0.15) is 0 Å². The third-order valence-corrected chi connectivity index (χ3v) is 4.99. The van der Waals surface area contributed by atoms with E-state index in [1.807, 2.05) is 32.9 Å². The molecule has 2 aromatic rings. The van der Waals surface area contributed by atoms with Crippen molar-refractivity contribution in [3.8, 4) is 5.75 Å². The number of rotatable bonds is 6. The number of ether oxygens (including phenoxy) is 1. The van der Waals surface area contributed by atoms with E-state index in [0.29, 0.717) is 20.9 Å². The Morgan fingerprint density at radius 2 is 1.92 bits per heavy atom. The number of para-hydroxylation sites is 2. The molecule has 0 unspecified atom stereocenters. The van der Waals surface area contributed by atoms with Crippen LogP contribution in [-0.2, 0) is 9.59 Å². The molecule has 2 amide bonds. The van der Waals surface area contributed by atoms with Gasteiger partial charge in [0.2, 0.25) is 16.9 Å². The molecule has 0 aliphatic carbocycles. The Bertz CT molecular complexity index is 756. The largest absolute Gasteiger partial charge is 0.495 e. The quantitative estimate of drug-likeness (QED) is 0.590.